The van der Waals surface area contributed by atoms with Crippen LogP contribution in [0.1, 0.15) is 20.9 Å². The zero-order valence-electron chi connectivity index (χ0n) is 18.5. The highest BCUT2D eigenvalue weighted by Crippen LogP contribution is 2.40. The lowest BCUT2D eigenvalue weighted by Crippen LogP contribution is -2.54. The summed E-state index contributed by atoms with van der Waals surface area (Å²) in [7, 11) is 0. The fourth-order valence-corrected chi connectivity index (χ4v) is 6.06. The monoisotopic (exact) mass is 465 g/mol. The van der Waals surface area contributed by atoms with E-state index in [-0.39, 0.29) is 23.4 Å². The van der Waals surface area contributed by atoms with E-state index in [1.165, 1.54) is 11.3 Å². The first-order valence-corrected chi connectivity index (χ1v) is 12.0. The molecule has 8 nitrogen and oxygen atoms in total. The van der Waals surface area contributed by atoms with Crippen LogP contribution in [-0.4, -0.2) is 55.9 Å². The van der Waals surface area contributed by atoms with Crippen molar-refractivity contribution in [2.24, 2.45) is 11.1 Å². The predicted molar refractivity (Wildman–Crippen MR) is 129 cm³/mol. The molecule has 9 heteroatoms. The Morgan fingerprint density at radius 2 is 2.15 bits per heavy atom. The molecule has 5 N–H and O–H groups in total. The van der Waals surface area contributed by atoms with Gasteiger partial charge >= 0.3 is 0 Å². The van der Waals surface area contributed by atoms with Crippen molar-refractivity contribution in [3.8, 4) is 5.75 Å². The molecule has 3 aromatic rings. The molecule has 2 fully saturated rings. The van der Waals surface area contributed by atoms with Crippen LogP contribution in [0, 0.1) is 12.3 Å². The van der Waals surface area contributed by atoms with Gasteiger partial charge in [-0.05, 0) is 37.1 Å². The van der Waals surface area contributed by atoms with Crippen LogP contribution in [0.3, 0.4) is 0 Å². The summed E-state index contributed by atoms with van der Waals surface area (Å²) >= 11 is 1.33. The van der Waals surface area contributed by atoms with E-state index in [1.807, 2.05) is 19.1 Å². The Kier molecular flexibility index (Phi) is 4.76. The molecular weight excluding hydrogens is 438 g/mol. The topological polar surface area (TPSA) is 116 Å². The molecule has 0 unspecified atom stereocenters. The average molecular weight is 466 g/mol. The summed E-state index contributed by atoms with van der Waals surface area (Å²) < 4.78 is 11.5. The van der Waals surface area contributed by atoms with Gasteiger partial charge in [0.2, 0.25) is 0 Å². The lowest BCUT2D eigenvalue weighted by molar-refractivity contribution is -0.106. The van der Waals surface area contributed by atoms with E-state index in [2.05, 4.69) is 33.4 Å². The van der Waals surface area contributed by atoms with E-state index in [9.17, 15) is 4.79 Å². The highest BCUT2D eigenvalue weighted by atomic mass is 32.1. The zero-order chi connectivity index (χ0) is 22.7. The van der Waals surface area contributed by atoms with Gasteiger partial charge in [0, 0.05) is 42.0 Å². The van der Waals surface area contributed by atoms with E-state index < -0.39 is 0 Å². The highest BCUT2D eigenvalue weighted by Gasteiger charge is 2.50. The number of nitrogens with two attached hydrogens (primary N) is 2. The van der Waals surface area contributed by atoms with E-state index in [0.717, 1.165) is 59.2 Å². The number of benzene rings is 1. The van der Waals surface area contributed by atoms with E-state index in [1.54, 1.807) is 0 Å². The van der Waals surface area contributed by atoms with Gasteiger partial charge in [0.05, 0.1) is 30.4 Å². The van der Waals surface area contributed by atoms with Crippen LogP contribution < -0.4 is 26.4 Å². The van der Waals surface area contributed by atoms with Crippen LogP contribution in [0.2, 0.25) is 0 Å². The predicted octanol–water partition coefficient (Wildman–Crippen LogP) is 2.08. The SMILES string of the molecule is Cc1ccc2c(N)c(C(=O)N[C@H]3COc4cc(N5C[C@H](N)C6(COC6)C5)ccc4C3)sc2n1. The third-order valence-corrected chi connectivity index (χ3v) is 8.20. The normalized spacial score (nSPS) is 23.3. The molecule has 0 aliphatic carbocycles. The van der Waals surface area contributed by atoms with Crippen molar-refractivity contribution in [1.29, 1.82) is 0 Å². The largest absolute Gasteiger partial charge is 0.491 e. The minimum atomic E-state index is -0.180. The number of ether oxygens (including phenoxy) is 2. The van der Waals surface area contributed by atoms with Crippen molar-refractivity contribution >= 4 is 38.8 Å². The molecule has 33 heavy (non-hydrogen) atoms. The lowest BCUT2D eigenvalue weighted by Gasteiger charge is -2.40. The van der Waals surface area contributed by atoms with Gasteiger partial charge in [-0.3, -0.25) is 4.79 Å². The molecule has 1 aromatic carbocycles. The smallest absolute Gasteiger partial charge is 0.263 e. The van der Waals surface area contributed by atoms with Crippen molar-refractivity contribution in [3.63, 3.8) is 0 Å². The Balaban J connectivity index is 1.15. The molecule has 1 amide bonds. The maximum absolute atomic E-state index is 13.0. The number of anilines is 2. The molecule has 3 aliphatic heterocycles. The zero-order valence-corrected chi connectivity index (χ0v) is 19.3. The molecular formula is C24H27N5O3S. The molecule has 2 aromatic heterocycles. The second kappa shape index (κ2) is 7.58. The van der Waals surface area contributed by atoms with Crippen LogP contribution in [0.25, 0.3) is 10.2 Å². The minimum Gasteiger partial charge on any atom is -0.491 e. The van der Waals surface area contributed by atoms with Gasteiger partial charge < -0.3 is 31.2 Å². The third-order valence-electron chi connectivity index (χ3n) is 7.09. The molecule has 172 valence electrons. The summed E-state index contributed by atoms with van der Waals surface area (Å²) in [6.45, 7) is 5.57. The number of aryl methyl sites for hydroxylation is 1. The lowest BCUT2D eigenvalue weighted by atomic mass is 9.82. The van der Waals surface area contributed by atoms with Gasteiger partial charge in [-0.1, -0.05) is 6.07 Å². The number of rotatable bonds is 3. The van der Waals surface area contributed by atoms with Gasteiger partial charge in [-0.15, -0.1) is 11.3 Å². The van der Waals surface area contributed by atoms with E-state index in [4.69, 9.17) is 20.9 Å². The summed E-state index contributed by atoms with van der Waals surface area (Å²) in [5.41, 5.74) is 16.3. The number of hydrogen-bond acceptors (Lipinski definition) is 8. The number of aromatic nitrogens is 1. The number of nitrogen functional groups attached to an aromatic ring is 1. The van der Waals surface area contributed by atoms with Crippen LogP contribution in [0.5, 0.6) is 5.75 Å². The molecule has 0 saturated carbocycles. The van der Waals surface area contributed by atoms with Crippen LogP contribution in [0.4, 0.5) is 11.4 Å². The summed E-state index contributed by atoms with van der Waals surface area (Å²) in [4.78, 5) is 21.1. The van der Waals surface area contributed by atoms with Gasteiger partial charge in [0.15, 0.2) is 0 Å². The Labute approximate surface area is 195 Å². The van der Waals surface area contributed by atoms with Gasteiger partial charge in [0.1, 0.15) is 22.1 Å². The first-order valence-electron chi connectivity index (χ1n) is 11.2. The highest BCUT2D eigenvalue weighted by molar-refractivity contribution is 7.21. The second-order valence-electron chi connectivity index (χ2n) is 9.47. The standard InChI is InChI=1S/C24H27N5O3S/c1-13-2-5-17-20(26)21(33-23(17)27-13)22(30)28-15-6-14-3-4-16(7-18(14)32-9-15)29-8-19(25)24(10-29)11-31-12-24/h2-5,7,15,19H,6,8-12,25-26H2,1H3,(H,28,30)/t15-,19+/m1/s1. The van der Waals surface area contributed by atoms with E-state index in [0.29, 0.717) is 23.6 Å². The number of nitrogens with zero attached hydrogens (tertiary/aromatic N) is 2. The fraction of sp³-hybridized carbons (Fsp3) is 0.417. The van der Waals surface area contributed by atoms with Gasteiger partial charge in [-0.25, -0.2) is 4.98 Å². The summed E-state index contributed by atoms with van der Waals surface area (Å²) in [5.74, 6) is 0.694. The van der Waals surface area contributed by atoms with Crippen molar-refractivity contribution in [1.82, 2.24) is 10.3 Å². The summed E-state index contributed by atoms with van der Waals surface area (Å²) in [6.07, 6.45) is 0.709. The van der Waals surface area contributed by atoms with Crippen molar-refractivity contribution in [2.45, 2.75) is 25.4 Å². The molecule has 0 radical (unpaired) electrons. The summed E-state index contributed by atoms with van der Waals surface area (Å²) in [6, 6.07) is 10.1. The fourth-order valence-electron chi connectivity index (χ4n) is 5.02. The van der Waals surface area contributed by atoms with Crippen molar-refractivity contribution in [2.75, 3.05) is 43.5 Å². The number of carbonyl (C=O) groups excluding carboxylic acids is 1. The Hall–Kier alpha value is -2.88. The quantitative estimate of drug-likeness (QED) is 0.542. The van der Waals surface area contributed by atoms with Gasteiger partial charge in [-0.2, -0.15) is 0 Å². The molecule has 2 atom stereocenters. The number of pyridine rings is 1. The molecule has 2 saturated heterocycles. The Morgan fingerprint density at radius 1 is 1.30 bits per heavy atom. The Morgan fingerprint density at radius 3 is 2.91 bits per heavy atom. The first kappa shape index (κ1) is 20.7. The maximum Gasteiger partial charge on any atom is 0.263 e. The third kappa shape index (κ3) is 3.42. The van der Waals surface area contributed by atoms with E-state index >= 15 is 0 Å². The average Bonchev–Trinajstić information content (AvgIpc) is 3.30. The Bertz CT molecular complexity index is 1250. The molecule has 1 spiro atoms. The van der Waals surface area contributed by atoms with Crippen LogP contribution in [-0.2, 0) is 11.2 Å². The molecule has 0 bridgehead atoms. The second-order valence-corrected chi connectivity index (χ2v) is 10.5. The number of fused-ring (bicyclic) bond motifs is 2. The number of thiophene rings is 1. The van der Waals surface area contributed by atoms with Crippen LogP contribution in [0.15, 0.2) is 30.3 Å². The number of hydrogen-bond donors (Lipinski definition) is 3. The molecule has 6 rings (SSSR count). The summed E-state index contributed by atoms with van der Waals surface area (Å²) in [5, 5.41) is 3.92. The minimum absolute atomic E-state index is 0.0921. The molecule has 3 aliphatic rings. The van der Waals surface area contributed by atoms with Crippen molar-refractivity contribution in [3.05, 3.63) is 46.5 Å². The number of nitrogens with one attached hydrogen (secondary N) is 1. The number of amides is 1. The maximum atomic E-state index is 13.0. The molecule has 5 heterocycles. The van der Waals surface area contributed by atoms with Crippen molar-refractivity contribution < 1.29 is 14.3 Å². The van der Waals surface area contributed by atoms with Gasteiger partial charge in [0.25, 0.3) is 5.91 Å². The first-order chi connectivity index (χ1) is 15.9. The van der Waals surface area contributed by atoms with Crippen LogP contribution >= 0.6 is 11.3 Å². The number of carbonyl (C=O) groups is 1.